The molecule has 0 atom stereocenters. The average molecular weight is 255 g/mol. The van der Waals surface area contributed by atoms with Gasteiger partial charge in [-0.15, -0.1) is 0 Å². The van der Waals surface area contributed by atoms with E-state index in [0.717, 1.165) is 6.92 Å². The van der Waals surface area contributed by atoms with Gasteiger partial charge in [-0.3, -0.25) is 0 Å². The van der Waals surface area contributed by atoms with Gasteiger partial charge in [-0.1, -0.05) is 0 Å². The molecule has 0 bridgehead atoms. The molecule has 0 saturated carbocycles. The lowest BCUT2D eigenvalue weighted by Crippen LogP contribution is -2.16. The molecular weight excluding hydrogens is 249 g/mol. The van der Waals surface area contributed by atoms with Gasteiger partial charge in [0.15, 0.2) is 0 Å². The zero-order valence-electron chi connectivity index (χ0n) is 8.35. The number of halogens is 5. The molecule has 0 fully saturated rings. The highest BCUT2D eigenvalue weighted by Crippen LogP contribution is 2.37. The van der Waals surface area contributed by atoms with Gasteiger partial charge in [0.1, 0.15) is 11.4 Å². The number of rotatable bonds is 2. The third-order valence-electron chi connectivity index (χ3n) is 1.95. The number of carboxylic acid groups (broad SMARTS) is 1. The van der Waals surface area contributed by atoms with E-state index in [2.05, 4.69) is 4.98 Å². The topological polar surface area (TPSA) is 50.2 Å². The number of hydrogen-bond acceptors (Lipinski definition) is 2. The number of hydrogen-bond donors (Lipinski definition) is 1. The minimum absolute atomic E-state index is 0.597. The summed E-state index contributed by atoms with van der Waals surface area (Å²) in [5.41, 5.74) is -4.58. The van der Waals surface area contributed by atoms with Crippen molar-refractivity contribution in [1.82, 2.24) is 4.98 Å². The van der Waals surface area contributed by atoms with Gasteiger partial charge in [-0.25, -0.2) is 18.6 Å². The van der Waals surface area contributed by atoms with Gasteiger partial charge in [0.25, 0.3) is 6.43 Å². The molecule has 1 aromatic heterocycles. The summed E-state index contributed by atoms with van der Waals surface area (Å²) in [6, 6.07) is 0.608. The van der Waals surface area contributed by atoms with Crippen LogP contribution in [0.5, 0.6) is 0 Å². The van der Waals surface area contributed by atoms with Crippen LogP contribution < -0.4 is 0 Å². The molecule has 0 spiro atoms. The highest BCUT2D eigenvalue weighted by atomic mass is 19.4. The second-order valence-electron chi connectivity index (χ2n) is 3.19. The second-order valence-corrected chi connectivity index (χ2v) is 3.19. The SMILES string of the molecule is Cc1cc(C(=O)O)nc(C(F)F)c1C(F)(F)F. The summed E-state index contributed by atoms with van der Waals surface area (Å²) in [7, 11) is 0. The quantitative estimate of drug-likeness (QED) is 0.826. The Balaban J connectivity index is 3.55. The molecular formula is C9H6F5NO2. The number of pyridine rings is 1. The summed E-state index contributed by atoms with van der Waals surface area (Å²) in [6.07, 6.45) is -8.50. The highest BCUT2D eigenvalue weighted by Gasteiger charge is 2.39. The molecule has 1 aromatic rings. The highest BCUT2D eigenvalue weighted by molar-refractivity contribution is 5.85. The summed E-state index contributed by atoms with van der Waals surface area (Å²) in [5, 5.41) is 8.52. The minimum Gasteiger partial charge on any atom is -0.477 e. The van der Waals surface area contributed by atoms with E-state index in [9.17, 15) is 26.7 Å². The van der Waals surface area contributed by atoms with Crippen LogP contribution in [0.15, 0.2) is 6.07 Å². The van der Waals surface area contributed by atoms with E-state index in [1.165, 1.54) is 0 Å². The van der Waals surface area contributed by atoms with E-state index < -0.39 is 41.1 Å². The molecule has 0 aliphatic rings. The van der Waals surface area contributed by atoms with Gasteiger partial charge in [-0.2, -0.15) is 13.2 Å². The van der Waals surface area contributed by atoms with Crippen molar-refractivity contribution in [1.29, 1.82) is 0 Å². The molecule has 0 aliphatic heterocycles. The van der Waals surface area contributed by atoms with Crippen molar-refractivity contribution in [3.8, 4) is 0 Å². The molecule has 0 aromatic carbocycles. The van der Waals surface area contributed by atoms with Gasteiger partial charge in [0.05, 0.1) is 5.56 Å². The lowest BCUT2D eigenvalue weighted by Gasteiger charge is -2.14. The Bertz CT molecular complexity index is 455. The summed E-state index contributed by atoms with van der Waals surface area (Å²) >= 11 is 0. The number of carbonyl (C=O) groups is 1. The maximum absolute atomic E-state index is 12.5. The molecule has 17 heavy (non-hydrogen) atoms. The lowest BCUT2D eigenvalue weighted by molar-refractivity contribution is -0.140. The first-order valence-corrected chi connectivity index (χ1v) is 4.24. The Hall–Kier alpha value is -1.73. The first kappa shape index (κ1) is 13.3. The largest absolute Gasteiger partial charge is 0.477 e. The van der Waals surface area contributed by atoms with E-state index >= 15 is 0 Å². The summed E-state index contributed by atoms with van der Waals surface area (Å²) in [5.74, 6) is -1.66. The fourth-order valence-corrected chi connectivity index (χ4v) is 1.33. The van der Waals surface area contributed by atoms with Crippen LogP contribution in [0.3, 0.4) is 0 Å². The number of alkyl halides is 5. The maximum Gasteiger partial charge on any atom is 0.418 e. The molecule has 0 radical (unpaired) electrons. The molecule has 1 heterocycles. The molecule has 8 heteroatoms. The fraction of sp³-hybridized carbons (Fsp3) is 0.333. The van der Waals surface area contributed by atoms with Crippen LogP contribution in [0.4, 0.5) is 22.0 Å². The monoisotopic (exact) mass is 255 g/mol. The van der Waals surface area contributed by atoms with Gasteiger partial charge in [0.2, 0.25) is 0 Å². The van der Waals surface area contributed by atoms with Gasteiger partial charge in [0, 0.05) is 0 Å². The third kappa shape index (κ3) is 2.69. The van der Waals surface area contributed by atoms with Crippen molar-refractivity contribution in [2.24, 2.45) is 0 Å². The van der Waals surface area contributed by atoms with Crippen molar-refractivity contribution in [3.63, 3.8) is 0 Å². The molecule has 0 amide bonds. The number of aromatic nitrogens is 1. The summed E-state index contributed by atoms with van der Waals surface area (Å²) in [6.45, 7) is 0.906. The van der Waals surface area contributed by atoms with Gasteiger partial charge < -0.3 is 5.11 Å². The number of carboxylic acids is 1. The van der Waals surface area contributed by atoms with E-state index in [1.807, 2.05) is 0 Å². The minimum atomic E-state index is -5.00. The Morgan fingerprint density at radius 2 is 1.94 bits per heavy atom. The van der Waals surface area contributed by atoms with Crippen molar-refractivity contribution >= 4 is 5.97 Å². The average Bonchev–Trinajstić information content (AvgIpc) is 2.13. The number of nitrogens with zero attached hydrogens (tertiary/aromatic N) is 1. The Labute approximate surface area is 91.9 Å². The van der Waals surface area contributed by atoms with Crippen LogP contribution in [0.1, 0.15) is 33.7 Å². The summed E-state index contributed by atoms with van der Waals surface area (Å²) < 4.78 is 62.3. The number of aryl methyl sites for hydroxylation is 1. The lowest BCUT2D eigenvalue weighted by atomic mass is 10.1. The van der Waals surface area contributed by atoms with Crippen LogP contribution in [0, 0.1) is 6.92 Å². The smallest absolute Gasteiger partial charge is 0.418 e. The molecule has 0 unspecified atom stereocenters. The predicted molar refractivity (Wildman–Crippen MR) is 45.9 cm³/mol. The standard InChI is InChI=1S/C9H6F5NO2/c1-3-2-4(8(16)17)15-6(7(10)11)5(3)9(12,13)14/h2,7H,1H3,(H,16,17). The van der Waals surface area contributed by atoms with E-state index in [-0.39, 0.29) is 0 Å². The Morgan fingerprint density at radius 3 is 2.29 bits per heavy atom. The van der Waals surface area contributed by atoms with Crippen LogP contribution in [0.2, 0.25) is 0 Å². The van der Waals surface area contributed by atoms with Gasteiger partial charge >= 0.3 is 12.1 Å². The molecule has 1 rings (SSSR count). The Kier molecular flexibility index (Phi) is 3.35. The third-order valence-corrected chi connectivity index (χ3v) is 1.95. The van der Waals surface area contributed by atoms with Crippen LogP contribution in [-0.4, -0.2) is 16.1 Å². The first-order valence-electron chi connectivity index (χ1n) is 4.24. The zero-order valence-corrected chi connectivity index (χ0v) is 8.35. The summed E-state index contributed by atoms with van der Waals surface area (Å²) in [4.78, 5) is 13.3. The fourth-order valence-electron chi connectivity index (χ4n) is 1.33. The molecule has 0 saturated heterocycles. The second kappa shape index (κ2) is 4.27. The molecule has 1 N–H and O–H groups in total. The van der Waals surface area contributed by atoms with Crippen molar-refractivity contribution in [2.45, 2.75) is 19.5 Å². The number of aromatic carboxylic acids is 1. The normalized spacial score (nSPS) is 11.9. The van der Waals surface area contributed by atoms with Crippen molar-refractivity contribution < 1.29 is 31.9 Å². The predicted octanol–water partition coefficient (Wildman–Crippen LogP) is 3.04. The van der Waals surface area contributed by atoms with Gasteiger partial charge in [-0.05, 0) is 18.6 Å². The first-order chi connectivity index (χ1) is 7.64. The van der Waals surface area contributed by atoms with E-state index in [0.29, 0.717) is 6.07 Å². The van der Waals surface area contributed by atoms with Crippen molar-refractivity contribution in [2.75, 3.05) is 0 Å². The van der Waals surface area contributed by atoms with Crippen LogP contribution in [0.25, 0.3) is 0 Å². The molecule has 94 valence electrons. The Morgan fingerprint density at radius 1 is 1.41 bits per heavy atom. The van der Waals surface area contributed by atoms with E-state index in [1.54, 1.807) is 0 Å². The van der Waals surface area contributed by atoms with E-state index in [4.69, 9.17) is 5.11 Å². The zero-order chi connectivity index (χ0) is 13.4. The molecule has 3 nitrogen and oxygen atoms in total. The van der Waals surface area contributed by atoms with Crippen LogP contribution >= 0.6 is 0 Å². The molecule has 0 aliphatic carbocycles. The van der Waals surface area contributed by atoms with Crippen molar-refractivity contribution in [3.05, 3.63) is 28.6 Å². The van der Waals surface area contributed by atoms with Crippen LogP contribution in [-0.2, 0) is 6.18 Å². The maximum atomic E-state index is 12.5.